The van der Waals surface area contributed by atoms with Crippen LogP contribution in [-0.4, -0.2) is 11.1 Å². The predicted octanol–water partition coefficient (Wildman–Crippen LogP) is 4.95. The van der Waals surface area contributed by atoms with Crippen LogP contribution in [0.15, 0.2) is 47.0 Å². The average Bonchev–Trinajstić information content (AvgIpc) is 3.37. The van der Waals surface area contributed by atoms with E-state index >= 15 is 0 Å². The first-order valence-electron chi connectivity index (χ1n) is 8.64. The smallest absolute Gasteiger partial charge is 0.314 e. The van der Waals surface area contributed by atoms with E-state index in [4.69, 9.17) is 9.26 Å². The molecule has 1 aromatic heterocycles. The Morgan fingerprint density at radius 1 is 1.15 bits per heavy atom. The maximum Gasteiger partial charge on any atom is 0.314 e. The summed E-state index contributed by atoms with van der Waals surface area (Å²) in [6, 6.07) is 10.3. The van der Waals surface area contributed by atoms with E-state index in [1.807, 2.05) is 26.0 Å². The van der Waals surface area contributed by atoms with E-state index < -0.39 is 23.5 Å². The molecule has 3 aromatic rings. The van der Waals surface area contributed by atoms with Gasteiger partial charge in [0.05, 0.1) is 11.6 Å². The van der Waals surface area contributed by atoms with Gasteiger partial charge in [-0.3, -0.25) is 4.79 Å². The molecule has 2 atom stereocenters. The summed E-state index contributed by atoms with van der Waals surface area (Å²) in [5, 5.41) is 3.93. The van der Waals surface area contributed by atoms with E-state index in [1.165, 1.54) is 0 Å². The van der Waals surface area contributed by atoms with Crippen molar-refractivity contribution in [2.75, 3.05) is 0 Å². The monoisotopic (exact) mass is 369 g/mol. The number of hydrogen-bond donors (Lipinski definition) is 0. The molecule has 1 heterocycles. The summed E-state index contributed by atoms with van der Waals surface area (Å²) in [5.74, 6) is -1.12. The van der Waals surface area contributed by atoms with Gasteiger partial charge in [0, 0.05) is 11.5 Å². The molecule has 4 rings (SSSR count). The van der Waals surface area contributed by atoms with Crippen LogP contribution in [0, 0.1) is 31.4 Å². The highest BCUT2D eigenvalue weighted by molar-refractivity contribution is 5.80. The largest absolute Gasteiger partial charge is 0.426 e. The lowest BCUT2D eigenvalue weighted by Crippen LogP contribution is -2.11. The third-order valence-corrected chi connectivity index (χ3v) is 4.85. The zero-order chi connectivity index (χ0) is 19.1. The van der Waals surface area contributed by atoms with Crippen molar-refractivity contribution in [1.82, 2.24) is 5.16 Å². The number of nitrogens with zero attached hydrogens (tertiary/aromatic N) is 1. The zero-order valence-electron chi connectivity index (χ0n) is 14.8. The molecule has 0 amide bonds. The lowest BCUT2D eigenvalue weighted by atomic mass is 10.0. The standard InChI is InChI=1S/C21H17F2NO3/c1-11-20(12(2)27-24-11)13-3-6-15(7-4-13)26-21(25)18-10-16(18)17-9-14(22)5-8-19(17)23/h3-9,16,18H,10H2,1-2H3/t16-,18-/m1/s1. The maximum atomic E-state index is 13.8. The van der Waals surface area contributed by atoms with Crippen LogP contribution in [-0.2, 0) is 4.79 Å². The van der Waals surface area contributed by atoms with Crippen molar-refractivity contribution in [1.29, 1.82) is 0 Å². The molecule has 0 saturated heterocycles. The molecular weight excluding hydrogens is 352 g/mol. The Morgan fingerprint density at radius 3 is 2.56 bits per heavy atom. The van der Waals surface area contributed by atoms with Crippen LogP contribution >= 0.6 is 0 Å². The Hall–Kier alpha value is -3.02. The number of esters is 1. The van der Waals surface area contributed by atoms with Gasteiger partial charge in [-0.15, -0.1) is 0 Å². The minimum atomic E-state index is -0.514. The first kappa shape index (κ1) is 17.4. The first-order valence-corrected chi connectivity index (χ1v) is 8.64. The van der Waals surface area contributed by atoms with Gasteiger partial charge in [0.25, 0.3) is 0 Å². The molecule has 138 valence electrons. The Kier molecular flexibility index (Phi) is 4.26. The lowest BCUT2D eigenvalue weighted by Gasteiger charge is -2.06. The van der Waals surface area contributed by atoms with Crippen molar-refractivity contribution in [3.8, 4) is 16.9 Å². The van der Waals surface area contributed by atoms with Crippen LogP contribution in [0.1, 0.15) is 29.4 Å². The van der Waals surface area contributed by atoms with Crippen LogP contribution in [0.3, 0.4) is 0 Å². The molecule has 6 heteroatoms. The predicted molar refractivity (Wildman–Crippen MR) is 94.3 cm³/mol. The van der Waals surface area contributed by atoms with Crippen molar-refractivity contribution in [2.24, 2.45) is 5.92 Å². The van der Waals surface area contributed by atoms with Crippen molar-refractivity contribution >= 4 is 5.97 Å². The summed E-state index contributed by atoms with van der Waals surface area (Å²) in [6.45, 7) is 3.70. The summed E-state index contributed by atoms with van der Waals surface area (Å²) in [7, 11) is 0. The minimum absolute atomic E-state index is 0.228. The SMILES string of the molecule is Cc1noc(C)c1-c1ccc(OC(=O)[C@@H]2C[C@@H]2c2cc(F)ccc2F)cc1. The van der Waals surface area contributed by atoms with Gasteiger partial charge >= 0.3 is 5.97 Å². The van der Waals surface area contributed by atoms with E-state index in [9.17, 15) is 13.6 Å². The molecule has 0 spiro atoms. The van der Waals surface area contributed by atoms with Crippen molar-refractivity contribution in [2.45, 2.75) is 26.2 Å². The van der Waals surface area contributed by atoms with E-state index in [2.05, 4.69) is 5.16 Å². The van der Waals surface area contributed by atoms with Gasteiger partial charge in [0.2, 0.25) is 0 Å². The number of aryl methyl sites for hydroxylation is 2. The Labute approximate surface area is 154 Å². The fraction of sp³-hybridized carbons (Fsp3) is 0.238. The summed E-state index contributed by atoms with van der Waals surface area (Å²) in [5.41, 5.74) is 2.84. The Bertz CT molecular complexity index is 991. The van der Waals surface area contributed by atoms with E-state index in [-0.39, 0.29) is 11.5 Å². The second kappa shape index (κ2) is 6.61. The van der Waals surface area contributed by atoms with Crippen molar-refractivity contribution < 1.29 is 22.8 Å². The van der Waals surface area contributed by atoms with Crippen LogP contribution < -0.4 is 4.74 Å². The number of hydrogen-bond acceptors (Lipinski definition) is 4. The van der Waals surface area contributed by atoms with Crippen molar-refractivity contribution in [3.05, 3.63) is 71.1 Å². The summed E-state index contributed by atoms with van der Waals surface area (Å²) < 4.78 is 37.7. The van der Waals surface area contributed by atoms with Gasteiger partial charge in [-0.05, 0) is 61.7 Å². The second-order valence-corrected chi connectivity index (χ2v) is 6.76. The molecule has 0 bridgehead atoms. The molecule has 0 unspecified atom stereocenters. The molecule has 1 fully saturated rings. The molecular formula is C21H17F2NO3. The molecule has 2 aromatic carbocycles. The van der Waals surface area contributed by atoms with Gasteiger partial charge in [-0.1, -0.05) is 17.3 Å². The number of carbonyl (C=O) groups is 1. The fourth-order valence-electron chi connectivity index (χ4n) is 3.37. The second-order valence-electron chi connectivity index (χ2n) is 6.76. The molecule has 27 heavy (non-hydrogen) atoms. The highest BCUT2D eigenvalue weighted by atomic mass is 19.1. The summed E-state index contributed by atoms with van der Waals surface area (Å²) in [4.78, 5) is 12.3. The van der Waals surface area contributed by atoms with Gasteiger partial charge in [-0.25, -0.2) is 8.78 Å². The van der Waals surface area contributed by atoms with Crippen LogP contribution in [0.25, 0.3) is 11.1 Å². The van der Waals surface area contributed by atoms with Gasteiger partial charge in [0.15, 0.2) is 0 Å². The van der Waals surface area contributed by atoms with Gasteiger partial charge in [-0.2, -0.15) is 0 Å². The molecule has 1 aliphatic rings. The number of ether oxygens (including phenoxy) is 1. The fourth-order valence-corrected chi connectivity index (χ4v) is 3.37. The maximum absolute atomic E-state index is 13.8. The third-order valence-electron chi connectivity index (χ3n) is 4.85. The highest BCUT2D eigenvalue weighted by Gasteiger charge is 2.46. The lowest BCUT2D eigenvalue weighted by molar-refractivity contribution is -0.135. The minimum Gasteiger partial charge on any atom is -0.426 e. The summed E-state index contributed by atoms with van der Waals surface area (Å²) in [6.07, 6.45) is 0.455. The first-order chi connectivity index (χ1) is 12.9. The van der Waals surface area contributed by atoms with E-state index in [1.54, 1.807) is 12.1 Å². The number of rotatable bonds is 4. The topological polar surface area (TPSA) is 52.3 Å². The zero-order valence-corrected chi connectivity index (χ0v) is 14.8. The number of benzene rings is 2. The average molecular weight is 369 g/mol. The molecule has 4 nitrogen and oxygen atoms in total. The normalized spacial score (nSPS) is 18.4. The third kappa shape index (κ3) is 3.35. The molecule has 0 N–H and O–H groups in total. The molecule has 0 aliphatic heterocycles. The molecule has 0 radical (unpaired) electrons. The van der Waals surface area contributed by atoms with E-state index in [0.29, 0.717) is 12.2 Å². The summed E-state index contributed by atoms with van der Waals surface area (Å²) >= 11 is 0. The molecule has 1 saturated carbocycles. The Balaban J connectivity index is 1.44. The molecule has 1 aliphatic carbocycles. The van der Waals surface area contributed by atoms with Gasteiger partial charge < -0.3 is 9.26 Å². The van der Waals surface area contributed by atoms with Crippen LogP contribution in [0.2, 0.25) is 0 Å². The number of carbonyl (C=O) groups excluding carboxylic acids is 1. The Morgan fingerprint density at radius 2 is 1.89 bits per heavy atom. The quantitative estimate of drug-likeness (QED) is 0.483. The van der Waals surface area contributed by atoms with Gasteiger partial charge in [0.1, 0.15) is 23.1 Å². The van der Waals surface area contributed by atoms with Crippen molar-refractivity contribution in [3.63, 3.8) is 0 Å². The van der Waals surface area contributed by atoms with E-state index in [0.717, 1.165) is 40.8 Å². The number of halogens is 2. The van der Waals surface area contributed by atoms with Crippen LogP contribution in [0.5, 0.6) is 5.75 Å². The van der Waals surface area contributed by atoms with Crippen LogP contribution in [0.4, 0.5) is 8.78 Å². The number of aromatic nitrogens is 1. The highest BCUT2D eigenvalue weighted by Crippen LogP contribution is 2.49.